The van der Waals surface area contributed by atoms with Crippen LogP contribution < -0.4 is 5.32 Å². The summed E-state index contributed by atoms with van der Waals surface area (Å²) in [6.45, 7) is 1.82. The normalized spacial score (nSPS) is 19.4. The molecule has 1 saturated carbocycles. The number of carbonyl (C=O) groups is 1. The van der Waals surface area contributed by atoms with E-state index in [1.54, 1.807) is 11.8 Å². The summed E-state index contributed by atoms with van der Waals surface area (Å²) >= 11 is 3.10. The number of nitriles is 1. The predicted molar refractivity (Wildman–Crippen MR) is 92.2 cm³/mol. The van der Waals surface area contributed by atoms with E-state index in [0.717, 1.165) is 28.7 Å². The van der Waals surface area contributed by atoms with Gasteiger partial charge in [-0.2, -0.15) is 5.26 Å². The summed E-state index contributed by atoms with van der Waals surface area (Å²) in [5, 5.41) is 12.2. The Balaban J connectivity index is 1.56. The van der Waals surface area contributed by atoms with Gasteiger partial charge in [-0.25, -0.2) is 4.99 Å². The first kappa shape index (κ1) is 15.4. The molecule has 0 spiro atoms. The Bertz CT molecular complexity index is 664. The Labute approximate surface area is 138 Å². The molecule has 0 unspecified atom stereocenters. The highest BCUT2D eigenvalue weighted by molar-refractivity contribution is 8.38. The zero-order valence-electron chi connectivity index (χ0n) is 12.3. The van der Waals surface area contributed by atoms with E-state index in [1.165, 1.54) is 17.3 Å². The summed E-state index contributed by atoms with van der Waals surface area (Å²) < 4.78 is 0.916. The lowest BCUT2D eigenvalue weighted by molar-refractivity contribution is -0.119. The minimum atomic E-state index is -0.717. The van der Waals surface area contributed by atoms with Crippen LogP contribution in [0.5, 0.6) is 0 Å². The molecule has 1 aliphatic heterocycles. The number of nitrogens with one attached hydrogen (secondary N) is 1. The fraction of sp³-hybridized carbons (Fsp3) is 0.438. The highest BCUT2D eigenvalue weighted by Crippen LogP contribution is 2.39. The quantitative estimate of drug-likeness (QED) is 0.917. The van der Waals surface area contributed by atoms with Gasteiger partial charge in [-0.1, -0.05) is 41.7 Å². The molecule has 4 nitrogen and oxygen atoms in total. The van der Waals surface area contributed by atoms with Crippen LogP contribution in [0.3, 0.4) is 0 Å². The van der Waals surface area contributed by atoms with E-state index in [2.05, 4.69) is 22.4 Å². The lowest BCUT2D eigenvalue weighted by Crippen LogP contribution is -2.47. The molecule has 0 aromatic heterocycles. The van der Waals surface area contributed by atoms with Crippen LogP contribution in [0.25, 0.3) is 0 Å². The minimum Gasteiger partial charge on any atom is -0.337 e. The molecule has 0 radical (unpaired) electrons. The number of carbonyl (C=O) groups excluding carboxylic acids is 1. The van der Waals surface area contributed by atoms with Crippen LogP contribution in [-0.2, 0) is 10.5 Å². The highest BCUT2D eigenvalue weighted by atomic mass is 32.2. The lowest BCUT2D eigenvalue weighted by Gasteiger charge is -2.23. The van der Waals surface area contributed by atoms with E-state index < -0.39 is 5.54 Å². The molecular formula is C16H17N3OS2. The second-order valence-electron chi connectivity index (χ2n) is 5.72. The van der Waals surface area contributed by atoms with E-state index in [4.69, 9.17) is 0 Å². The maximum Gasteiger partial charge on any atom is 0.231 e. The monoisotopic (exact) mass is 331 g/mol. The Hall–Kier alpha value is -1.45. The van der Waals surface area contributed by atoms with Gasteiger partial charge in [0.2, 0.25) is 5.91 Å². The number of hydrogen-bond donors (Lipinski definition) is 1. The molecule has 114 valence electrons. The van der Waals surface area contributed by atoms with Gasteiger partial charge < -0.3 is 5.32 Å². The molecule has 6 heteroatoms. The molecule has 1 aromatic rings. The molecule has 0 bridgehead atoms. The van der Waals surface area contributed by atoms with Gasteiger partial charge in [0.05, 0.1) is 17.5 Å². The summed E-state index contributed by atoms with van der Waals surface area (Å²) in [6.07, 6.45) is 2.05. The molecule has 0 saturated heterocycles. The van der Waals surface area contributed by atoms with Gasteiger partial charge in [-0.3, -0.25) is 4.79 Å². The Kier molecular flexibility index (Phi) is 4.46. The fourth-order valence-corrected chi connectivity index (χ4v) is 4.28. The zero-order chi connectivity index (χ0) is 15.6. The molecule has 1 aromatic carbocycles. The summed E-state index contributed by atoms with van der Waals surface area (Å²) in [4.78, 5) is 16.7. The molecule has 1 fully saturated rings. The zero-order valence-corrected chi connectivity index (χ0v) is 14.0. The van der Waals surface area contributed by atoms with E-state index in [9.17, 15) is 10.1 Å². The maximum atomic E-state index is 12.1. The van der Waals surface area contributed by atoms with Gasteiger partial charge in [-0.15, -0.1) is 0 Å². The van der Waals surface area contributed by atoms with Crippen molar-refractivity contribution in [3.8, 4) is 6.07 Å². The first-order valence-electron chi connectivity index (χ1n) is 7.25. The molecule has 1 aliphatic carbocycles. The first-order chi connectivity index (χ1) is 10.6. The second-order valence-corrected chi connectivity index (χ2v) is 7.91. The van der Waals surface area contributed by atoms with Crippen molar-refractivity contribution in [2.45, 2.75) is 31.1 Å². The summed E-state index contributed by atoms with van der Waals surface area (Å²) in [5.41, 5.74) is 1.50. The number of benzene rings is 1. The molecule has 1 atom stereocenters. The Morgan fingerprint density at radius 2 is 2.32 bits per heavy atom. The molecule has 1 amide bonds. The Morgan fingerprint density at radius 3 is 3.05 bits per heavy atom. The van der Waals surface area contributed by atoms with Crippen molar-refractivity contribution in [3.63, 3.8) is 0 Å². The largest absolute Gasteiger partial charge is 0.337 e. The van der Waals surface area contributed by atoms with E-state index in [1.807, 2.05) is 25.1 Å². The van der Waals surface area contributed by atoms with Gasteiger partial charge in [0, 0.05) is 5.75 Å². The van der Waals surface area contributed by atoms with Crippen molar-refractivity contribution in [1.29, 1.82) is 5.26 Å². The van der Waals surface area contributed by atoms with E-state index in [-0.39, 0.29) is 5.91 Å². The fourth-order valence-electron chi connectivity index (χ4n) is 2.42. The first-order valence-corrected chi connectivity index (χ1v) is 9.22. The van der Waals surface area contributed by atoms with Gasteiger partial charge in [0.25, 0.3) is 0 Å². The number of rotatable bonds is 4. The molecule has 3 rings (SSSR count). The van der Waals surface area contributed by atoms with Crippen LogP contribution in [0.4, 0.5) is 5.69 Å². The average molecular weight is 331 g/mol. The van der Waals surface area contributed by atoms with Crippen molar-refractivity contribution in [2.24, 2.45) is 10.9 Å². The van der Waals surface area contributed by atoms with Crippen LogP contribution in [0, 0.1) is 17.2 Å². The number of aliphatic imine (C=N–C) groups is 1. The molecule has 22 heavy (non-hydrogen) atoms. The Morgan fingerprint density at radius 1 is 1.55 bits per heavy atom. The van der Waals surface area contributed by atoms with Gasteiger partial charge in [-0.05, 0) is 37.3 Å². The van der Waals surface area contributed by atoms with Gasteiger partial charge in [0.1, 0.15) is 9.91 Å². The van der Waals surface area contributed by atoms with Crippen LogP contribution in [0.2, 0.25) is 0 Å². The average Bonchev–Trinajstić information content (AvgIpc) is 3.38. The lowest BCUT2D eigenvalue weighted by atomic mass is 9.98. The standard InChI is InChI=1S/C16H17N3OS2/c1-16(10-17,12-6-7-12)19-14(20)9-22-15-18-13-5-3-2-4-11(13)8-21-15/h2-5,12H,6-9H2,1H3,(H,19,20)/t16-/m1/s1. The number of para-hydroxylation sites is 1. The molecule has 2 aliphatic rings. The smallest absolute Gasteiger partial charge is 0.231 e. The van der Waals surface area contributed by atoms with Crippen LogP contribution in [0.1, 0.15) is 25.3 Å². The van der Waals surface area contributed by atoms with Crippen molar-refractivity contribution >= 4 is 39.5 Å². The summed E-state index contributed by atoms with van der Waals surface area (Å²) in [6, 6.07) is 10.3. The van der Waals surface area contributed by atoms with Gasteiger partial charge in [0.15, 0.2) is 0 Å². The SMILES string of the molecule is C[C@](C#N)(NC(=O)CSC1=Nc2ccccc2CS1)C1CC1. The number of amides is 1. The summed E-state index contributed by atoms with van der Waals surface area (Å²) in [5.74, 6) is 1.41. The van der Waals surface area contributed by atoms with E-state index >= 15 is 0 Å². The third-order valence-electron chi connectivity index (χ3n) is 3.91. The second kappa shape index (κ2) is 6.35. The third kappa shape index (κ3) is 3.47. The molecule has 1 heterocycles. The van der Waals surface area contributed by atoms with Crippen LogP contribution >= 0.6 is 23.5 Å². The van der Waals surface area contributed by atoms with Crippen LogP contribution in [0.15, 0.2) is 29.3 Å². The molecular weight excluding hydrogens is 314 g/mol. The maximum absolute atomic E-state index is 12.1. The predicted octanol–water partition coefficient (Wildman–Crippen LogP) is 3.46. The highest BCUT2D eigenvalue weighted by Gasteiger charge is 2.42. The van der Waals surface area contributed by atoms with Crippen molar-refractivity contribution < 1.29 is 4.79 Å². The topological polar surface area (TPSA) is 65.2 Å². The number of thioether (sulfide) groups is 2. The number of nitrogens with zero attached hydrogens (tertiary/aromatic N) is 2. The van der Waals surface area contributed by atoms with Crippen molar-refractivity contribution in [3.05, 3.63) is 29.8 Å². The number of hydrogen-bond acceptors (Lipinski definition) is 5. The van der Waals surface area contributed by atoms with Gasteiger partial charge >= 0.3 is 0 Å². The van der Waals surface area contributed by atoms with Crippen molar-refractivity contribution in [2.75, 3.05) is 5.75 Å². The summed E-state index contributed by atoms with van der Waals surface area (Å²) in [7, 11) is 0. The third-order valence-corrected chi connectivity index (χ3v) is 6.15. The minimum absolute atomic E-state index is 0.0943. The number of fused-ring (bicyclic) bond motifs is 1. The van der Waals surface area contributed by atoms with Crippen molar-refractivity contribution in [1.82, 2.24) is 5.32 Å². The molecule has 1 N–H and O–H groups in total. The van der Waals surface area contributed by atoms with E-state index in [0.29, 0.717) is 11.7 Å². The van der Waals surface area contributed by atoms with Crippen LogP contribution in [-0.4, -0.2) is 21.6 Å².